The second kappa shape index (κ2) is 9.88. The summed E-state index contributed by atoms with van der Waals surface area (Å²) in [5, 5.41) is 8.67. The lowest BCUT2D eigenvalue weighted by molar-refractivity contribution is 0.0697. The van der Waals surface area contributed by atoms with Crippen molar-refractivity contribution in [1.82, 2.24) is 5.48 Å². The molecule has 0 saturated heterocycles. The molecular formula is C13H20ClNO3. The van der Waals surface area contributed by atoms with E-state index >= 15 is 0 Å². The molecule has 0 radical (unpaired) electrons. The van der Waals surface area contributed by atoms with Gasteiger partial charge in [-0.05, 0) is 36.6 Å². The van der Waals surface area contributed by atoms with Gasteiger partial charge in [0, 0.05) is 12.4 Å². The van der Waals surface area contributed by atoms with E-state index in [4.69, 9.17) is 16.7 Å². The first-order valence-corrected chi connectivity index (χ1v) is 6.24. The van der Waals surface area contributed by atoms with Crippen molar-refractivity contribution in [2.24, 2.45) is 0 Å². The first kappa shape index (κ1) is 16.9. The minimum atomic E-state index is -0.860. The van der Waals surface area contributed by atoms with Gasteiger partial charge in [0.15, 0.2) is 0 Å². The van der Waals surface area contributed by atoms with Crippen LogP contribution in [0.2, 0.25) is 0 Å². The quantitative estimate of drug-likeness (QED) is 0.492. The maximum absolute atomic E-state index is 10.6. The maximum Gasteiger partial charge on any atom is 0.335 e. The number of aryl methyl sites for hydroxylation is 2. The number of hydrogen-bond donors (Lipinski definition) is 2. The zero-order chi connectivity index (χ0) is 14.0. The van der Waals surface area contributed by atoms with E-state index in [0.717, 1.165) is 12.0 Å². The standard InChI is InChI=1S/C10H12O2.C3H8ClNO/c1-3-8-4-5-9(10(11)12)6-7(8)2;1-6-5-3-2-4/h4-6H,3H2,1-2H3,(H,11,12);5H,2-3H2,1H3. The van der Waals surface area contributed by atoms with Gasteiger partial charge < -0.3 is 9.94 Å². The Bertz CT molecular complexity index is 365. The van der Waals surface area contributed by atoms with Crippen molar-refractivity contribution in [3.63, 3.8) is 0 Å². The van der Waals surface area contributed by atoms with Gasteiger partial charge in [0.1, 0.15) is 0 Å². The van der Waals surface area contributed by atoms with Gasteiger partial charge in [0.05, 0.1) is 12.7 Å². The van der Waals surface area contributed by atoms with E-state index in [9.17, 15) is 4.79 Å². The molecule has 1 rings (SSSR count). The van der Waals surface area contributed by atoms with Crippen LogP contribution in [0, 0.1) is 6.92 Å². The van der Waals surface area contributed by atoms with Crippen molar-refractivity contribution in [2.45, 2.75) is 20.3 Å². The monoisotopic (exact) mass is 273 g/mol. The summed E-state index contributed by atoms with van der Waals surface area (Å²) in [6.07, 6.45) is 0.950. The van der Waals surface area contributed by atoms with Gasteiger partial charge >= 0.3 is 5.97 Å². The zero-order valence-electron chi connectivity index (χ0n) is 11.0. The van der Waals surface area contributed by atoms with Gasteiger partial charge in [0.2, 0.25) is 0 Å². The minimum absolute atomic E-state index is 0.365. The fraction of sp³-hybridized carbons (Fsp3) is 0.462. The molecular weight excluding hydrogens is 254 g/mol. The van der Waals surface area contributed by atoms with Crippen molar-refractivity contribution in [1.29, 1.82) is 0 Å². The second-order valence-corrected chi connectivity index (χ2v) is 3.97. The molecule has 2 N–H and O–H groups in total. The first-order chi connectivity index (χ1) is 8.56. The van der Waals surface area contributed by atoms with Crippen molar-refractivity contribution in [3.8, 4) is 0 Å². The molecule has 0 amide bonds. The molecule has 102 valence electrons. The van der Waals surface area contributed by atoms with Gasteiger partial charge in [-0.1, -0.05) is 13.0 Å². The predicted octanol–water partition coefficient (Wildman–Crippen LogP) is 2.63. The highest BCUT2D eigenvalue weighted by Crippen LogP contribution is 2.11. The highest BCUT2D eigenvalue weighted by Gasteiger charge is 2.03. The number of carboxylic acid groups (broad SMARTS) is 1. The maximum atomic E-state index is 10.6. The largest absolute Gasteiger partial charge is 0.478 e. The van der Waals surface area contributed by atoms with Gasteiger partial charge in [-0.3, -0.25) is 0 Å². The summed E-state index contributed by atoms with van der Waals surface area (Å²) in [5.41, 5.74) is 5.19. The van der Waals surface area contributed by atoms with Gasteiger partial charge in [-0.25, -0.2) is 10.3 Å². The molecule has 18 heavy (non-hydrogen) atoms. The normalized spacial score (nSPS) is 9.56. The summed E-state index contributed by atoms with van der Waals surface area (Å²) in [7, 11) is 1.56. The molecule has 0 aromatic heterocycles. The second-order valence-electron chi connectivity index (χ2n) is 3.59. The molecule has 0 aliphatic rings. The summed E-state index contributed by atoms with van der Waals surface area (Å²) in [4.78, 5) is 15.0. The molecule has 1 aromatic carbocycles. The molecule has 0 fully saturated rings. The van der Waals surface area contributed by atoms with E-state index in [2.05, 4.69) is 17.2 Å². The molecule has 0 bridgehead atoms. The SMILES string of the molecule is CCc1ccc(C(=O)O)cc1C.CONCCCl. The van der Waals surface area contributed by atoms with Gasteiger partial charge in [-0.2, -0.15) is 0 Å². The lowest BCUT2D eigenvalue weighted by Gasteiger charge is -2.02. The predicted molar refractivity (Wildman–Crippen MR) is 73.2 cm³/mol. The summed E-state index contributed by atoms with van der Waals surface area (Å²) in [5.74, 6) is -0.269. The molecule has 5 heteroatoms. The lowest BCUT2D eigenvalue weighted by Crippen LogP contribution is -2.13. The van der Waals surface area contributed by atoms with Crippen LogP contribution in [0.15, 0.2) is 18.2 Å². The third-order valence-electron chi connectivity index (χ3n) is 2.31. The Morgan fingerprint density at radius 1 is 1.50 bits per heavy atom. The van der Waals surface area contributed by atoms with Crippen LogP contribution >= 0.6 is 11.6 Å². The van der Waals surface area contributed by atoms with Crippen LogP contribution in [0.5, 0.6) is 0 Å². The first-order valence-electron chi connectivity index (χ1n) is 5.71. The number of aromatic carboxylic acids is 1. The number of hydrogen-bond acceptors (Lipinski definition) is 3. The molecule has 0 atom stereocenters. The Morgan fingerprint density at radius 2 is 2.17 bits per heavy atom. The van der Waals surface area contributed by atoms with E-state index in [0.29, 0.717) is 18.0 Å². The van der Waals surface area contributed by atoms with E-state index in [1.807, 2.05) is 13.0 Å². The van der Waals surface area contributed by atoms with Crippen molar-refractivity contribution in [3.05, 3.63) is 34.9 Å². The van der Waals surface area contributed by atoms with E-state index in [1.54, 1.807) is 19.2 Å². The fourth-order valence-corrected chi connectivity index (χ4v) is 1.44. The van der Waals surface area contributed by atoms with Crippen molar-refractivity contribution in [2.75, 3.05) is 19.5 Å². The number of halogens is 1. The van der Waals surface area contributed by atoms with Crippen LogP contribution in [0.1, 0.15) is 28.4 Å². The van der Waals surface area contributed by atoms with E-state index in [1.165, 1.54) is 5.56 Å². The Labute approximate surface area is 113 Å². The number of carbonyl (C=O) groups is 1. The molecule has 0 aliphatic heterocycles. The number of benzene rings is 1. The number of carboxylic acids is 1. The fourth-order valence-electron chi connectivity index (χ4n) is 1.37. The number of rotatable bonds is 5. The average Bonchev–Trinajstić information content (AvgIpc) is 2.36. The summed E-state index contributed by atoms with van der Waals surface area (Å²) in [6.45, 7) is 4.70. The minimum Gasteiger partial charge on any atom is -0.478 e. The van der Waals surface area contributed by atoms with Crippen molar-refractivity contribution >= 4 is 17.6 Å². The average molecular weight is 274 g/mol. The van der Waals surface area contributed by atoms with Crippen molar-refractivity contribution < 1.29 is 14.7 Å². The van der Waals surface area contributed by atoms with Crippen LogP contribution in [-0.4, -0.2) is 30.6 Å². The molecule has 0 spiro atoms. The third kappa shape index (κ3) is 6.59. The topological polar surface area (TPSA) is 58.6 Å². The van der Waals surface area contributed by atoms with Crippen LogP contribution in [-0.2, 0) is 11.3 Å². The number of alkyl halides is 1. The van der Waals surface area contributed by atoms with Crippen LogP contribution < -0.4 is 5.48 Å². The molecule has 0 heterocycles. The van der Waals surface area contributed by atoms with Gasteiger partial charge in [-0.15, -0.1) is 11.6 Å². The highest BCUT2D eigenvalue weighted by molar-refractivity contribution is 6.18. The lowest BCUT2D eigenvalue weighted by atomic mass is 10.0. The Kier molecular flexibility index (Phi) is 9.28. The van der Waals surface area contributed by atoms with E-state index < -0.39 is 5.97 Å². The molecule has 0 saturated carbocycles. The highest BCUT2D eigenvalue weighted by atomic mass is 35.5. The number of nitrogens with one attached hydrogen (secondary N) is 1. The summed E-state index contributed by atoms with van der Waals surface area (Å²) >= 11 is 5.24. The Morgan fingerprint density at radius 3 is 2.50 bits per heavy atom. The summed E-state index contributed by atoms with van der Waals surface area (Å²) in [6, 6.07) is 5.23. The smallest absolute Gasteiger partial charge is 0.335 e. The third-order valence-corrected chi connectivity index (χ3v) is 2.50. The van der Waals surface area contributed by atoms with Crippen LogP contribution in [0.25, 0.3) is 0 Å². The Balaban J connectivity index is 0.000000411. The molecule has 0 unspecified atom stereocenters. The van der Waals surface area contributed by atoms with Crippen LogP contribution in [0.4, 0.5) is 0 Å². The Hall–Kier alpha value is -1.10. The summed E-state index contributed by atoms with van der Waals surface area (Å²) < 4.78 is 0. The molecule has 0 aliphatic carbocycles. The zero-order valence-corrected chi connectivity index (χ0v) is 11.8. The van der Waals surface area contributed by atoms with Crippen LogP contribution in [0.3, 0.4) is 0 Å². The van der Waals surface area contributed by atoms with Gasteiger partial charge in [0.25, 0.3) is 0 Å². The molecule has 1 aromatic rings. The van der Waals surface area contributed by atoms with E-state index in [-0.39, 0.29) is 0 Å². The molecule has 4 nitrogen and oxygen atoms in total. The number of hydroxylamine groups is 1.